The zero-order chi connectivity index (χ0) is 20.2. The van der Waals surface area contributed by atoms with E-state index in [-0.39, 0.29) is 11.3 Å². The third-order valence-corrected chi connectivity index (χ3v) is 5.31. The number of hydrogen-bond acceptors (Lipinski definition) is 4. The van der Waals surface area contributed by atoms with Gasteiger partial charge in [0.25, 0.3) is 0 Å². The Kier molecular flexibility index (Phi) is 6.23. The van der Waals surface area contributed by atoms with Gasteiger partial charge in [0.2, 0.25) is 5.91 Å². The Balaban J connectivity index is 1.82. The van der Waals surface area contributed by atoms with E-state index < -0.39 is 5.41 Å². The summed E-state index contributed by atoms with van der Waals surface area (Å²) < 4.78 is 5.66. The maximum atomic E-state index is 13.1. The molecule has 5 heteroatoms. The molecular weight excluding hydrogens is 350 g/mol. The Hall–Kier alpha value is -2.14. The summed E-state index contributed by atoms with van der Waals surface area (Å²) in [5, 5.41) is 7.32. The minimum atomic E-state index is -0.465. The third kappa shape index (κ3) is 5.02. The Morgan fingerprint density at radius 1 is 1.29 bits per heavy atom. The highest BCUT2D eigenvalue weighted by molar-refractivity contribution is 5.83. The van der Waals surface area contributed by atoms with Gasteiger partial charge in [0.15, 0.2) is 0 Å². The molecule has 1 aromatic heterocycles. The maximum absolute atomic E-state index is 13.1. The molecule has 1 amide bonds. The minimum absolute atomic E-state index is 0.131. The lowest BCUT2D eigenvalue weighted by Crippen LogP contribution is -2.54. The van der Waals surface area contributed by atoms with Crippen molar-refractivity contribution in [3.63, 3.8) is 0 Å². The fraction of sp³-hybridized carbons (Fsp3) is 0.565. The Labute approximate surface area is 168 Å². The third-order valence-electron chi connectivity index (χ3n) is 5.31. The predicted octanol–water partition coefficient (Wildman–Crippen LogP) is 4.15. The van der Waals surface area contributed by atoms with E-state index in [0.717, 1.165) is 49.5 Å². The molecule has 1 fully saturated rings. The van der Waals surface area contributed by atoms with E-state index in [9.17, 15) is 4.79 Å². The van der Waals surface area contributed by atoms with Gasteiger partial charge in [-0.3, -0.25) is 4.79 Å². The van der Waals surface area contributed by atoms with E-state index in [1.54, 1.807) is 0 Å². The summed E-state index contributed by atoms with van der Waals surface area (Å²) >= 11 is 0. The summed E-state index contributed by atoms with van der Waals surface area (Å²) in [5.41, 5.74) is 1.59. The first kappa shape index (κ1) is 20.6. The molecule has 0 aliphatic carbocycles. The second-order valence-electron chi connectivity index (χ2n) is 9.24. The first-order valence-electron chi connectivity index (χ1n) is 10.3. The molecule has 1 atom stereocenters. The summed E-state index contributed by atoms with van der Waals surface area (Å²) in [4.78, 5) is 15.6. The van der Waals surface area contributed by atoms with Gasteiger partial charge < -0.3 is 14.7 Å². The van der Waals surface area contributed by atoms with Crippen LogP contribution in [0.4, 0.5) is 0 Å². The van der Waals surface area contributed by atoms with Crippen molar-refractivity contribution in [3.8, 4) is 11.3 Å². The van der Waals surface area contributed by atoms with Crippen molar-refractivity contribution in [1.82, 2.24) is 15.4 Å². The van der Waals surface area contributed by atoms with Crippen LogP contribution in [0, 0.1) is 10.8 Å². The Bertz CT molecular complexity index is 779. The monoisotopic (exact) mass is 383 g/mol. The number of hydrogen-bond donors (Lipinski definition) is 1. The summed E-state index contributed by atoms with van der Waals surface area (Å²) in [6.45, 7) is 12.2. The van der Waals surface area contributed by atoms with Crippen molar-refractivity contribution in [3.05, 3.63) is 42.2 Å². The lowest BCUT2D eigenvalue weighted by molar-refractivity contribution is -0.135. The molecule has 1 aliphatic rings. The van der Waals surface area contributed by atoms with E-state index in [4.69, 9.17) is 4.52 Å². The molecule has 2 aromatic rings. The second kappa shape index (κ2) is 8.48. The van der Waals surface area contributed by atoms with Crippen LogP contribution >= 0.6 is 0 Å². The van der Waals surface area contributed by atoms with Crippen LogP contribution < -0.4 is 5.32 Å². The van der Waals surface area contributed by atoms with Crippen molar-refractivity contribution >= 4 is 5.91 Å². The summed E-state index contributed by atoms with van der Waals surface area (Å²) in [5.74, 6) is 0.911. The molecule has 0 saturated carbocycles. The molecule has 2 heterocycles. The number of carbonyl (C=O) groups excluding carboxylic acids is 1. The van der Waals surface area contributed by atoms with Crippen LogP contribution in [0.2, 0.25) is 0 Å². The second-order valence-corrected chi connectivity index (χ2v) is 9.24. The number of benzene rings is 1. The van der Waals surface area contributed by atoms with Crippen LogP contribution in [0.3, 0.4) is 0 Å². The maximum Gasteiger partial charge on any atom is 0.227 e. The zero-order valence-corrected chi connectivity index (χ0v) is 17.6. The molecule has 152 valence electrons. The van der Waals surface area contributed by atoms with E-state index in [0.29, 0.717) is 13.0 Å². The number of nitrogens with one attached hydrogen (secondary N) is 1. The smallest absolute Gasteiger partial charge is 0.227 e. The molecule has 1 aromatic carbocycles. The van der Waals surface area contributed by atoms with Gasteiger partial charge in [-0.15, -0.1) is 0 Å². The molecule has 1 saturated heterocycles. The normalized spacial score (nSPS) is 20.9. The van der Waals surface area contributed by atoms with Crippen molar-refractivity contribution in [2.45, 2.75) is 47.0 Å². The standard InChI is InChI=1S/C23H33N3O2/c1-5-24-21(27)23(12-9-13-26(17-23)16-22(2,3)4)15-19-14-20(25-28-19)18-10-7-6-8-11-18/h6-8,10-11,14H,5,9,12-13,15-17H2,1-4H3,(H,24,27). The first-order valence-corrected chi connectivity index (χ1v) is 10.3. The largest absolute Gasteiger partial charge is 0.361 e. The SMILES string of the molecule is CCNC(=O)C1(Cc2cc(-c3ccccc3)no2)CCCN(CC(C)(C)C)C1. The average Bonchev–Trinajstić information content (AvgIpc) is 3.10. The van der Waals surface area contributed by atoms with Crippen molar-refractivity contribution in [2.75, 3.05) is 26.2 Å². The molecular formula is C23H33N3O2. The van der Waals surface area contributed by atoms with E-state index in [1.807, 2.05) is 43.3 Å². The van der Waals surface area contributed by atoms with Gasteiger partial charge >= 0.3 is 0 Å². The lowest BCUT2D eigenvalue weighted by atomic mass is 9.74. The predicted molar refractivity (Wildman–Crippen MR) is 112 cm³/mol. The van der Waals surface area contributed by atoms with Crippen LogP contribution in [0.25, 0.3) is 11.3 Å². The molecule has 0 radical (unpaired) electrons. The number of amides is 1. The number of carbonyl (C=O) groups is 1. The van der Waals surface area contributed by atoms with Gasteiger partial charge in [-0.05, 0) is 31.7 Å². The lowest BCUT2D eigenvalue weighted by Gasteiger charge is -2.43. The highest BCUT2D eigenvalue weighted by Gasteiger charge is 2.43. The van der Waals surface area contributed by atoms with Gasteiger partial charge in [-0.25, -0.2) is 0 Å². The average molecular weight is 384 g/mol. The molecule has 5 nitrogen and oxygen atoms in total. The molecule has 1 unspecified atom stereocenters. The van der Waals surface area contributed by atoms with E-state index in [2.05, 4.69) is 36.1 Å². The number of likely N-dealkylation sites (tertiary alicyclic amines) is 1. The van der Waals surface area contributed by atoms with Crippen LogP contribution in [-0.4, -0.2) is 42.1 Å². The molecule has 3 rings (SSSR count). The molecule has 1 N–H and O–H groups in total. The van der Waals surface area contributed by atoms with Gasteiger partial charge in [0.05, 0.1) is 5.41 Å². The van der Waals surface area contributed by atoms with Crippen LogP contribution in [0.15, 0.2) is 40.9 Å². The molecule has 0 spiro atoms. The fourth-order valence-electron chi connectivity index (χ4n) is 4.27. The topological polar surface area (TPSA) is 58.4 Å². The Morgan fingerprint density at radius 3 is 2.71 bits per heavy atom. The van der Waals surface area contributed by atoms with Crippen LogP contribution in [0.5, 0.6) is 0 Å². The summed E-state index contributed by atoms with van der Waals surface area (Å²) in [7, 11) is 0. The van der Waals surface area contributed by atoms with Crippen molar-refractivity contribution in [2.24, 2.45) is 10.8 Å². The molecule has 1 aliphatic heterocycles. The highest BCUT2D eigenvalue weighted by atomic mass is 16.5. The zero-order valence-electron chi connectivity index (χ0n) is 17.6. The van der Waals surface area contributed by atoms with E-state index >= 15 is 0 Å². The van der Waals surface area contributed by atoms with Crippen molar-refractivity contribution < 1.29 is 9.32 Å². The van der Waals surface area contributed by atoms with Gasteiger partial charge in [0.1, 0.15) is 11.5 Å². The summed E-state index contributed by atoms with van der Waals surface area (Å²) in [6.07, 6.45) is 2.48. The van der Waals surface area contributed by atoms with Gasteiger partial charge in [-0.1, -0.05) is 56.3 Å². The summed E-state index contributed by atoms with van der Waals surface area (Å²) in [6, 6.07) is 12.0. The highest BCUT2D eigenvalue weighted by Crippen LogP contribution is 2.36. The van der Waals surface area contributed by atoms with Gasteiger partial charge in [0, 0.05) is 37.7 Å². The van der Waals surface area contributed by atoms with E-state index in [1.165, 1.54) is 0 Å². The van der Waals surface area contributed by atoms with Crippen LogP contribution in [0.1, 0.15) is 46.3 Å². The van der Waals surface area contributed by atoms with Gasteiger partial charge in [-0.2, -0.15) is 0 Å². The molecule has 28 heavy (non-hydrogen) atoms. The number of aromatic nitrogens is 1. The Morgan fingerprint density at radius 2 is 2.04 bits per heavy atom. The van der Waals surface area contributed by atoms with Crippen molar-refractivity contribution in [1.29, 1.82) is 0 Å². The van der Waals surface area contributed by atoms with Crippen LogP contribution in [-0.2, 0) is 11.2 Å². The quantitative estimate of drug-likeness (QED) is 0.814. The minimum Gasteiger partial charge on any atom is -0.361 e. The molecule has 0 bridgehead atoms. The fourth-order valence-corrected chi connectivity index (χ4v) is 4.27. The number of nitrogens with zero attached hydrogens (tertiary/aromatic N) is 2. The first-order chi connectivity index (χ1) is 13.3. The number of rotatable bonds is 6. The number of piperidine rings is 1.